The first-order valence-corrected chi connectivity index (χ1v) is 7.42. The number of ether oxygens (including phenoxy) is 1. The van der Waals surface area contributed by atoms with Crippen molar-refractivity contribution in [2.75, 3.05) is 6.54 Å². The van der Waals surface area contributed by atoms with Gasteiger partial charge in [-0.15, -0.1) is 0 Å². The maximum Gasteiger partial charge on any atom is 0.407 e. The zero-order chi connectivity index (χ0) is 16.5. The van der Waals surface area contributed by atoms with Gasteiger partial charge in [0, 0.05) is 12.1 Å². The van der Waals surface area contributed by atoms with Crippen LogP contribution in [0.15, 0.2) is 54.6 Å². The Morgan fingerprint density at radius 1 is 1.17 bits per heavy atom. The predicted octanol–water partition coefficient (Wildman–Crippen LogP) is 4.09. The molecule has 2 aromatic carbocycles. The van der Waals surface area contributed by atoms with E-state index in [1.54, 1.807) is 30.4 Å². The van der Waals surface area contributed by atoms with Crippen molar-refractivity contribution in [3.05, 3.63) is 76.3 Å². The van der Waals surface area contributed by atoms with Crippen molar-refractivity contribution in [3.63, 3.8) is 0 Å². The molecule has 1 N–H and O–H groups in total. The van der Waals surface area contributed by atoms with Crippen molar-refractivity contribution in [1.82, 2.24) is 5.32 Å². The normalized spacial score (nSPS) is 10.5. The lowest BCUT2D eigenvalue weighted by molar-refractivity contribution is 0.112. The van der Waals surface area contributed by atoms with Crippen LogP contribution in [-0.4, -0.2) is 18.9 Å². The SMILES string of the molecule is O=Cc1ccc(C=CCNC(=O)OCc2ccccc2)cc1Cl. The van der Waals surface area contributed by atoms with E-state index in [2.05, 4.69) is 5.32 Å². The number of alkyl carbamates (subject to hydrolysis) is 1. The second kappa shape index (κ2) is 8.76. The highest BCUT2D eigenvalue weighted by Gasteiger charge is 2.01. The average molecular weight is 330 g/mol. The largest absolute Gasteiger partial charge is 0.445 e. The molecule has 0 heterocycles. The van der Waals surface area contributed by atoms with Crippen LogP contribution in [0, 0.1) is 0 Å². The number of hydrogen-bond donors (Lipinski definition) is 1. The molecule has 0 aliphatic heterocycles. The quantitative estimate of drug-likeness (QED) is 0.812. The monoisotopic (exact) mass is 329 g/mol. The van der Waals surface area contributed by atoms with Gasteiger partial charge in [-0.05, 0) is 23.3 Å². The molecule has 2 aromatic rings. The summed E-state index contributed by atoms with van der Waals surface area (Å²) in [6, 6.07) is 14.6. The molecule has 0 aromatic heterocycles. The molecule has 0 radical (unpaired) electrons. The van der Waals surface area contributed by atoms with E-state index in [1.165, 1.54) is 0 Å². The van der Waals surface area contributed by atoms with Crippen LogP contribution in [0.2, 0.25) is 5.02 Å². The maximum absolute atomic E-state index is 11.5. The Labute approximate surface area is 139 Å². The molecule has 1 amide bonds. The minimum Gasteiger partial charge on any atom is -0.445 e. The molecule has 0 saturated carbocycles. The molecule has 0 spiro atoms. The van der Waals surface area contributed by atoms with Crippen molar-refractivity contribution in [2.24, 2.45) is 0 Å². The second-order valence-electron chi connectivity index (χ2n) is 4.74. The summed E-state index contributed by atoms with van der Waals surface area (Å²) in [4.78, 5) is 22.2. The van der Waals surface area contributed by atoms with Gasteiger partial charge in [-0.25, -0.2) is 4.79 Å². The van der Waals surface area contributed by atoms with E-state index in [4.69, 9.17) is 16.3 Å². The number of halogens is 1. The molecule has 5 heteroatoms. The van der Waals surface area contributed by atoms with E-state index in [0.717, 1.165) is 11.1 Å². The van der Waals surface area contributed by atoms with E-state index >= 15 is 0 Å². The van der Waals surface area contributed by atoms with Gasteiger partial charge < -0.3 is 10.1 Å². The minimum absolute atomic E-state index is 0.235. The van der Waals surface area contributed by atoms with Crippen molar-refractivity contribution < 1.29 is 14.3 Å². The third kappa shape index (κ3) is 5.60. The van der Waals surface area contributed by atoms with Gasteiger partial charge in [0.1, 0.15) is 6.61 Å². The van der Waals surface area contributed by atoms with Gasteiger partial charge in [0.05, 0.1) is 5.02 Å². The Hall–Kier alpha value is -2.59. The molecule has 0 atom stereocenters. The summed E-state index contributed by atoms with van der Waals surface area (Å²) in [7, 11) is 0. The van der Waals surface area contributed by atoms with Crippen LogP contribution < -0.4 is 5.32 Å². The first-order valence-electron chi connectivity index (χ1n) is 7.05. The number of rotatable bonds is 6. The maximum atomic E-state index is 11.5. The van der Waals surface area contributed by atoms with Gasteiger partial charge in [-0.2, -0.15) is 0 Å². The Bertz CT molecular complexity index is 699. The zero-order valence-corrected chi connectivity index (χ0v) is 13.1. The number of carbonyl (C=O) groups excluding carboxylic acids is 2. The van der Waals surface area contributed by atoms with Gasteiger partial charge in [0.25, 0.3) is 0 Å². The first-order chi connectivity index (χ1) is 11.2. The molecule has 23 heavy (non-hydrogen) atoms. The molecular formula is C18H16ClNO3. The van der Waals surface area contributed by atoms with Crippen LogP contribution in [0.25, 0.3) is 6.08 Å². The Morgan fingerprint density at radius 3 is 2.65 bits per heavy atom. The molecule has 118 valence electrons. The summed E-state index contributed by atoms with van der Waals surface area (Å²) < 4.78 is 5.09. The third-order valence-electron chi connectivity index (χ3n) is 3.04. The predicted molar refractivity (Wildman–Crippen MR) is 90.5 cm³/mol. The lowest BCUT2D eigenvalue weighted by atomic mass is 10.1. The van der Waals surface area contributed by atoms with Gasteiger partial charge in [0.15, 0.2) is 6.29 Å². The van der Waals surface area contributed by atoms with Crippen LogP contribution in [0.4, 0.5) is 4.79 Å². The van der Waals surface area contributed by atoms with E-state index in [9.17, 15) is 9.59 Å². The molecule has 0 aliphatic rings. The summed E-state index contributed by atoms with van der Waals surface area (Å²) in [5, 5.41) is 3.02. The van der Waals surface area contributed by atoms with Gasteiger partial charge in [-0.1, -0.05) is 60.2 Å². The van der Waals surface area contributed by atoms with Gasteiger partial charge in [-0.3, -0.25) is 4.79 Å². The summed E-state index contributed by atoms with van der Waals surface area (Å²) >= 11 is 5.94. The summed E-state index contributed by atoms with van der Waals surface area (Å²) in [5.41, 5.74) is 2.23. The van der Waals surface area contributed by atoms with E-state index in [1.807, 2.05) is 30.3 Å². The van der Waals surface area contributed by atoms with Gasteiger partial charge in [0.2, 0.25) is 0 Å². The Balaban J connectivity index is 1.74. The lowest BCUT2D eigenvalue weighted by Gasteiger charge is -2.05. The lowest BCUT2D eigenvalue weighted by Crippen LogP contribution is -2.24. The molecule has 0 fully saturated rings. The number of carbonyl (C=O) groups is 2. The number of benzene rings is 2. The summed E-state index contributed by atoms with van der Waals surface area (Å²) in [5.74, 6) is 0. The molecule has 4 nitrogen and oxygen atoms in total. The van der Waals surface area contributed by atoms with Crippen molar-refractivity contribution in [3.8, 4) is 0 Å². The smallest absolute Gasteiger partial charge is 0.407 e. The highest BCUT2D eigenvalue weighted by atomic mass is 35.5. The highest BCUT2D eigenvalue weighted by molar-refractivity contribution is 6.33. The van der Waals surface area contributed by atoms with E-state index < -0.39 is 6.09 Å². The van der Waals surface area contributed by atoms with Crippen molar-refractivity contribution >= 4 is 30.1 Å². The highest BCUT2D eigenvalue weighted by Crippen LogP contribution is 2.16. The molecule has 0 unspecified atom stereocenters. The van der Waals surface area contributed by atoms with E-state index in [0.29, 0.717) is 23.4 Å². The Kier molecular flexibility index (Phi) is 6.39. The van der Waals surface area contributed by atoms with Crippen LogP contribution in [0.1, 0.15) is 21.5 Å². The van der Waals surface area contributed by atoms with Crippen molar-refractivity contribution in [2.45, 2.75) is 6.61 Å². The van der Waals surface area contributed by atoms with Crippen molar-refractivity contribution in [1.29, 1.82) is 0 Å². The second-order valence-corrected chi connectivity index (χ2v) is 5.15. The molecule has 2 rings (SSSR count). The van der Waals surface area contributed by atoms with E-state index in [-0.39, 0.29) is 6.61 Å². The van der Waals surface area contributed by atoms with Crippen LogP contribution in [0.5, 0.6) is 0 Å². The average Bonchev–Trinajstić information content (AvgIpc) is 2.58. The third-order valence-corrected chi connectivity index (χ3v) is 3.37. The molecule has 0 bridgehead atoms. The minimum atomic E-state index is -0.479. The standard InChI is InChI=1S/C18H16ClNO3/c19-17-11-14(8-9-16(17)12-21)7-4-10-20-18(22)23-13-15-5-2-1-3-6-15/h1-9,11-12H,10,13H2,(H,20,22). The molecule has 0 aliphatic carbocycles. The molecular weight excluding hydrogens is 314 g/mol. The number of hydrogen-bond acceptors (Lipinski definition) is 3. The number of amides is 1. The first kappa shape index (κ1) is 16.8. The topological polar surface area (TPSA) is 55.4 Å². The fraction of sp³-hybridized carbons (Fsp3) is 0.111. The zero-order valence-electron chi connectivity index (χ0n) is 12.4. The Morgan fingerprint density at radius 2 is 1.96 bits per heavy atom. The van der Waals surface area contributed by atoms with Crippen LogP contribution in [0.3, 0.4) is 0 Å². The summed E-state index contributed by atoms with van der Waals surface area (Å²) in [6.45, 7) is 0.569. The number of nitrogens with one attached hydrogen (secondary N) is 1. The molecule has 0 saturated heterocycles. The van der Waals surface area contributed by atoms with Gasteiger partial charge >= 0.3 is 6.09 Å². The van der Waals surface area contributed by atoms with Crippen LogP contribution >= 0.6 is 11.6 Å². The fourth-order valence-corrected chi connectivity index (χ4v) is 2.09. The fourth-order valence-electron chi connectivity index (χ4n) is 1.85. The summed E-state index contributed by atoms with van der Waals surface area (Å²) in [6.07, 6.45) is 3.81. The number of aldehydes is 1. The van der Waals surface area contributed by atoms with Crippen LogP contribution in [-0.2, 0) is 11.3 Å².